The van der Waals surface area contributed by atoms with Crippen molar-refractivity contribution in [2.45, 2.75) is 0 Å². The minimum absolute atomic E-state index is 0.0216. The summed E-state index contributed by atoms with van der Waals surface area (Å²) in [5.41, 5.74) is 0.295. The molecule has 0 bridgehead atoms. The van der Waals surface area contributed by atoms with E-state index in [1.54, 1.807) is 42.5 Å². The third-order valence-electron chi connectivity index (χ3n) is 3.82. The number of carbonyl (C=O) groups is 1. The Morgan fingerprint density at radius 2 is 1.86 bits per heavy atom. The van der Waals surface area contributed by atoms with E-state index in [0.717, 1.165) is 11.6 Å². The van der Waals surface area contributed by atoms with Crippen LogP contribution in [0.25, 0.3) is 17.4 Å². The molecule has 1 N–H and O–H groups in total. The smallest absolute Gasteiger partial charge is 0.271 e. The predicted molar refractivity (Wildman–Crippen MR) is 109 cm³/mol. The molecule has 0 saturated heterocycles. The summed E-state index contributed by atoms with van der Waals surface area (Å²) < 4.78 is 5.65. The van der Waals surface area contributed by atoms with Gasteiger partial charge in [-0.3, -0.25) is 14.9 Å². The van der Waals surface area contributed by atoms with Crippen LogP contribution in [0.2, 0.25) is 10.0 Å². The highest BCUT2D eigenvalue weighted by Gasteiger charge is 2.16. The monoisotopic (exact) mass is 427 g/mol. The maximum Gasteiger partial charge on any atom is 0.271 e. The average molecular weight is 428 g/mol. The first-order valence-electron chi connectivity index (χ1n) is 8.10. The zero-order valence-corrected chi connectivity index (χ0v) is 16.1. The average Bonchev–Trinajstić information content (AvgIpc) is 3.16. The van der Waals surface area contributed by atoms with Crippen molar-refractivity contribution >= 4 is 46.6 Å². The number of furan rings is 1. The molecule has 0 aliphatic rings. The van der Waals surface area contributed by atoms with E-state index < -0.39 is 10.8 Å². The molecule has 3 aromatic rings. The molecular weight excluding hydrogens is 417 g/mol. The summed E-state index contributed by atoms with van der Waals surface area (Å²) in [7, 11) is 0. The van der Waals surface area contributed by atoms with E-state index in [4.69, 9.17) is 27.6 Å². The fourth-order valence-electron chi connectivity index (χ4n) is 2.40. The summed E-state index contributed by atoms with van der Waals surface area (Å²) >= 11 is 11.8. The van der Waals surface area contributed by atoms with Crippen molar-refractivity contribution in [1.29, 1.82) is 5.26 Å². The van der Waals surface area contributed by atoms with Gasteiger partial charge in [0.25, 0.3) is 11.6 Å². The number of nitro benzene ring substituents is 1. The SMILES string of the molecule is N#C/C(=C\c1ccc(-c2ccc(Cl)cc2)o1)C(=O)Nc1cc([N+](=O)[O-])ccc1Cl. The maximum atomic E-state index is 12.4. The number of hydrogen-bond donors (Lipinski definition) is 1. The van der Waals surface area contributed by atoms with Gasteiger partial charge in [0.1, 0.15) is 23.2 Å². The lowest BCUT2D eigenvalue weighted by Crippen LogP contribution is -2.13. The Balaban J connectivity index is 1.83. The van der Waals surface area contributed by atoms with E-state index in [1.807, 2.05) is 0 Å². The zero-order chi connectivity index (χ0) is 21.0. The highest BCUT2D eigenvalue weighted by Crippen LogP contribution is 2.28. The topological polar surface area (TPSA) is 109 Å². The molecule has 1 aromatic heterocycles. The molecule has 0 aliphatic carbocycles. The Bertz CT molecular complexity index is 1160. The summed E-state index contributed by atoms with van der Waals surface area (Å²) in [6.07, 6.45) is 1.26. The molecule has 1 heterocycles. The lowest BCUT2D eigenvalue weighted by molar-refractivity contribution is -0.384. The highest BCUT2D eigenvalue weighted by atomic mass is 35.5. The Kier molecular flexibility index (Phi) is 5.98. The van der Waals surface area contributed by atoms with Crippen LogP contribution in [0.4, 0.5) is 11.4 Å². The van der Waals surface area contributed by atoms with E-state index in [9.17, 15) is 20.2 Å². The van der Waals surface area contributed by atoms with Crippen LogP contribution in [0, 0.1) is 21.4 Å². The van der Waals surface area contributed by atoms with Crippen molar-refractivity contribution < 1.29 is 14.1 Å². The van der Waals surface area contributed by atoms with E-state index in [1.165, 1.54) is 18.2 Å². The first kappa shape index (κ1) is 20.1. The second kappa shape index (κ2) is 8.61. The number of benzene rings is 2. The van der Waals surface area contributed by atoms with E-state index in [-0.39, 0.29) is 27.7 Å². The largest absolute Gasteiger partial charge is 0.457 e. The van der Waals surface area contributed by atoms with Crippen LogP contribution in [0.5, 0.6) is 0 Å². The van der Waals surface area contributed by atoms with Gasteiger partial charge in [-0.25, -0.2) is 0 Å². The molecular formula is C20H11Cl2N3O4. The van der Waals surface area contributed by atoms with Crippen LogP contribution < -0.4 is 5.32 Å². The van der Waals surface area contributed by atoms with Gasteiger partial charge in [0.2, 0.25) is 0 Å². The Hall–Kier alpha value is -3.60. The number of nitro groups is 1. The Morgan fingerprint density at radius 1 is 1.14 bits per heavy atom. The summed E-state index contributed by atoms with van der Waals surface area (Å²) in [6, 6.07) is 15.7. The standard InChI is InChI=1S/C20H11Cl2N3O4/c21-14-3-1-12(2-4-14)19-8-6-16(29-19)9-13(11-23)20(26)24-18-10-15(25(27)28)5-7-17(18)22/h1-10H,(H,24,26)/b13-9+. The number of nitrogens with zero attached hydrogens (tertiary/aromatic N) is 2. The van der Waals surface area contributed by atoms with Gasteiger partial charge >= 0.3 is 0 Å². The molecule has 9 heteroatoms. The van der Waals surface area contributed by atoms with Crippen molar-refractivity contribution in [2.75, 3.05) is 5.32 Å². The normalized spacial score (nSPS) is 11.0. The van der Waals surface area contributed by atoms with Gasteiger partial charge in [-0.2, -0.15) is 5.26 Å². The quantitative estimate of drug-likeness (QED) is 0.242. The lowest BCUT2D eigenvalue weighted by Gasteiger charge is -2.06. The van der Waals surface area contributed by atoms with Crippen LogP contribution in [0.15, 0.2) is 64.6 Å². The number of non-ortho nitro benzene ring substituents is 1. The first-order chi connectivity index (χ1) is 13.9. The number of amides is 1. The van der Waals surface area contributed by atoms with Crippen molar-refractivity contribution in [3.8, 4) is 17.4 Å². The van der Waals surface area contributed by atoms with Crippen molar-refractivity contribution in [1.82, 2.24) is 0 Å². The van der Waals surface area contributed by atoms with Crippen molar-refractivity contribution in [3.05, 3.63) is 86.1 Å². The van der Waals surface area contributed by atoms with Gasteiger partial charge < -0.3 is 9.73 Å². The Labute approximate surface area is 174 Å². The molecule has 0 fully saturated rings. The van der Waals surface area contributed by atoms with E-state index >= 15 is 0 Å². The molecule has 7 nitrogen and oxygen atoms in total. The number of carbonyl (C=O) groups excluding carboxylic acids is 1. The third-order valence-corrected chi connectivity index (χ3v) is 4.40. The summed E-state index contributed by atoms with van der Waals surface area (Å²) in [5, 5.41) is 23.3. The summed E-state index contributed by atoms with van der Waals surface area (Å²) in [5.74, 6) is 0.0403. The van der Waals surface area contributed by atoms with Gasteiger partial charge in [-0.15, -0.1) is 0 Å². The van der Waals surface area contributed by atoms with Crippen LogP contribution in [-0.2, 0) is 4.79 Å². The molecule has 0 radical (unpaired) electrons. The van der Waals surface area contributed by atoms with Gasteiger partial charge in [0, 0.05) is 28.8 Å². The minimum Gasteiger partial charge on any atom is -0.457 e. The molecule has 1 amide bonds. The third kappa shape index (κ3) is 4.82. The highest BCUT2D eigenvalue weighted by molar-refractivity contribution is 6.34. The van der Waals surface area contributed by atoms with E-state index in [0.29, 0.717) is 10.8 Å². The predicted octanol–water partition coefficient (Wildman–Crippen LogP) is 5.71. The van der Waals surface area contributed by atoms with Crippen LogP contribution in [0.3, 0.4) is 0 Å². The van der Waals surface area contributed by atoms with E-state index in [2.05, 4.69) is 5.32 Å². The van der Waals surface area contributed by atoms with Crippen LogP contribution in [0.1, 0.15) is 5.76 Å². The number of nitrogens with one attached hydrogen (secondary N) is 1. The number of anilines is 1. The summed E-state index contributed by atoms with van der Waals surface area (Å²) in [4.78, 5) is 22.7. The van der Waals surface area contributed by atoms with Gasteiger partial charge in [-0.05, 0) is 42.5 Å². The summed E-state index contributed by atoms with van der Waals surface area (Å²) in [6.45, 7) is 0. The molecule has 2 aromatic carbocycles. The molecule has 144 valence electrons. The first-order valence-corrected chi connectivity index (χ1v) is 8.86. The van der Waals surface area contributed by atoms with Crippen molar-refractivity contribution in [3.63, 3.8) is 0 Å². The molecule has 0 aliphatic heterocycles. The fraction of sp³-hybridized carbons (Fsp3) is 0. The number of nitriles is 1. The second-order valence-corrected chi connectivity index (χ2v) is 6.60. The molecule has 0 saturated carbocycles. The number of rotatable bonds is 5. The molecule has 0 atom stereocenters. The molecule has 0 unspecified atom stereocenters. The van der Waals surface area contributed by atoms with Gasteiger partial charge in [0.05, 0.1) is 15.6 Å². The van der Waals surface area contributed by atoms with Crippen LogP contribution >= 0.6 is 23.2 Å². The maximum absolute atomic E-state index is 12.4. The fourth-order valence-corrected chi connectivity index (χ4v) is 2.69. The number of hydrogen-bond acceptors (Lipinski definition) is 5. The minimum atomic E-state index is -0.778. The second-order valence-electron chi connectivity index (χ2n) is 5.75. The molecule has 0 spiro atoms. The number of halogens is 2. The van der Waals surface area contributed by atoms with Gasteiger partial charge in [-0.1, -0.05) is 23.2 Å². The lowest BCUT2D eigenvalue weighted by atomic mass is 10.2. The Morgan fingerprint density at radius 3 is 2.52 bits per heavy atom. The van der Waals surface area contributed by atoms with Gasteiger partial charge in [0.15, 0.2) is 0 Å². The van der Waals surface area contributed by atoms with Crippen molar-refractivity contribution in [2.24, 2.45) is 0 Å². The molecule has 3 rings (SSSR count). The molecule has 29 heavy (non-hydrogen) atoms. The zero-order valence-electron chi connectivity index (χ0n) is 14.6. The van der Waals surface area contributed by atoms with Crippen LogP contribution in [-0.4, -0.2) is 10.8 Å².